The number of nitrogens with zero attached hydrogens (tertiary/aromatic N) is 1. The quantitative estimate of drug-likeness (QED) is 0.317. The SMILES string of the molecule is CCCCOC(=O)[C@H](NC(C)=O)C(C)(C)SN=O. The van der Waals surface area contributed by atoms with Gasteiger partial charge in [0, 0.05) is 23.5 Å². The van der Waals surface area contributed by atoms with Crippen LogP contribution in [-0.4, -0.2) is 29.3 Å². The maximum Gasteiger partial charge on any atom is 0.330 e. The van der Waals surface area contributed by atoms with Gasteiger partial charge < -0.3 is 10.1 Å². The average Bonchev–Trinajstić information content (AvgIpc) is 2.25. The second-order valence-electron chi connectivity index (χ2n) is 4.42. The zero-order valence-corrected chi connectivity index (χ0v) is 12.0. The Morgan fingerprint density at radius 3 is 2.50 bits per heavy atom. The van der Waals surface area contributed by atoms with Crippen LogP contribution in [0.25, 0.3) is 0 Å². The molecule has 0 unspecified atom stereocenters. The van der Waals surface area contributed by atoms with E-state index in [-0.39, 0.29) is 5.91 Å². The lowest BCUT2D eigenvalue weighted by Crippen LogP contribution is -2.52. The molecule has 0 bridgehead atoms. The van der Waals surface area contributed by atoms with Gasteiger partial charge in [-0.25, -0.2) is 4.79 Å². The second-order valence-corrected chi connectivity index (χ2v) is 5.81. The molecule has 0 aliphatic rings. The number of nitroso groups, excluding NO2 is 1. The molecule has 0 aliphatic carbocycles. The van der Waals surface area contributed by atoms with Crippen molar-refractivity contribution < 1.29 is 14.3 Å². The van der Waals surface area contributed by atoms with Crippen molar-refractivity contribution >= 4 is 23.8 Å². The van der Waals surface area contributed by atoms with Crippen molar-refractivity contribution in [3.63, 3.8) is 0 Å². The van der Waals surface area contributed by atoms with E-state index in [1.165, 1.54) is 6.92 Å². The van der Waals surface area contributed by atoms with Crippen molar-refractivity contribution in [1.82, 2.24) is 5.32 Å². The Morgan fingerprint density at radius 1 is 1.44 bits per heavy atom. The van der Waals surface area contributed by atoms with Gasteiger partial charge in [-0.2, -0.15) is 0 Å². The first kappa shape index (κ1) is 16.9. The molecule has 7 heteroatoms. The van der Waals surface area contributed by atoms with Crippen LogP contribution in [0.4, 0.5) is 0 Å². The molecule has 1 atom stereocenters. The van der Waals surface area contributed by atoms with Crippen LogP contribution in [0.3, 0.4) is 0 Å². The topological polar surface area (TPSA) is 84.8 Å². The van der Waals surface area contributed by atoms with Gasteiger partial charge in [-0.15, -0.1) is 4.91 Å². The predicted molar refractivity (Wildman–Crippen MR) is 70.9 cm³/mol. The number of rotatable bonds is 8. The van der Waals surface area contributed by atoms with E-state index >= 15 is 0 Å². The Hall–Kier alpha value is -1.11. The molecule has 0 heterocycles. The van der Waals surface area contributed by atoms with Crippen LogP contribution in [0, 0.1) is 4.91 Å². The molecule has 0 saturated heterocycles. The lowest BCUT2D eigenvalue weighted by molar-refractivity contribution is -0.148. The minimum atomic E-state index is -0.894. The summed E-state index contributed by atoms with van der Waals surface area (Å²) in [7, 11) is 0. The van der Waals surface area contributed by atoms with Gasteiger partial charge in [0.1, 0.15) is 6.04 Å². The van der Waals surface area contributed by atoms with Gasteiger partial charge in [0.15, 0.2) is 0 Å². The van der Waals surface area contributed by atoms with Gasteiger partial charge in [-0.3, -0.25) is 4.79 Å². The first-order valence-electron chi connectivity index (χ1n) is 5.79. The van der Waals surface area contributed by atoms with E-state index in [1.54, 1.807) is 13.8 Å². The molecule has 0 aromatic carbocycles. The molecule has 0 radical (unpaired) electrons. The van der Waals surface area contributed by atoms with E-state index < -0.39 is 16.8 Å². The number of hydrogen-bond donors (Lipinski definition) is 1. The second kappa shape index (κ2) is 8.07. The number of ether oxygens (including phenoxy) is 1. The maximum absolute atomic E-state index is 11.9. The van der Waals surface area contributed by atoms with E-state index in [2.05, 4.69) is 9.90 Å². The number of hydrogen-bond acceptors (Lipinski definition) is 6. The van der Waals surface area contributed by atoms with Crippen LogP contribution in [0.15, 0.2) is 4.58 Å². The third-order valence-electron chi connectivity index (χ3n) is 2.29. The summed E-state index contributed by atoms with van der Waals surface area (Å²) in [5.74, 6) is -0.896. The fraction of sp³-hybridized carbons (Fsp3) is 0.818. The van der Waals surface area contributed by atoms with Crippen molar-refractivity contribution in [2.45, 2.75) is 51.3 Å². The van der Waals surface area contributed by atoms with Crippen LogP contribution in [0.5, 0.6) is 0 Å². The van der Waals surface area contributed by atoms with Gasteiger partial charge in [0.2, 0.25) is 5.91 Å². The van der Waals surface area contributed by atoms with Crippen molar-refractivity contribution in [1.29, 1.82) is 0 Å². The summed E-state index contributed by atoms with van der Waals surface area (Å²) >= 11 is 0.705. The van der Waals surface area contributed by atoms with E-state index in [0.29, 0.717) is 18.6 Å². The third kappa shape index (κ3) is 6.00. The summed E-state index contributed by atoms with van der Waals surface area (Å²) in [6.07, 6.45) is 1.67. The lowest BCUT2D eigenvalue weighted by atomic mass is 10.0. The van der Waals surface area contributed by atoms with Gasteiger partial charge in [-0.05, 0) is 20.3 Å². The summed E-state index contributed by atoms with van der Waals surface area (Å²) in [5, 5.41) is 2.50. The van der Waals surface area contributed by atoms with Crippen LogP contribution < -0.4 is 5.32 Å². The predicted octanol–water partition coefficient (Wildman–Crippen LogP) is 2.03. The number of amides is 1. The van der Waals surface area contributed by atoms with E-state index in [9.17, 15) is 14.5 Å². The number of carbonyl (C=O) groups is 2. The standard InChI is InChI=1S/C11H20N2O4S/c1-5-6-7-17-10(15)9(12-8(2)14)11(3,4)18-13-16/h9H,5-7H2,1-4H3,(H,12,14)/t9-/m0/s1. The van der Waals surface area contributed by atoms with Gasteiger partial charge >= 0.3 is 5.97 Å². The average molecular weight is 276 g/mol. The summed E-state index contributed by atoms with van der Waals surface area (Å²) < 4.78 is 6.94. The molecule has 0 aromatic heterocycles. The van der Waals surface area contributed by atoms with Crippen molar-refractivity contribution in [2.24, 2.45) is 4.58 Å². The first-order valence-corrected chi connectivity index (χ1v) is 6.57. The van der Waals surface area contributed by atoms with E-state index in [4.69, 9.17) is 4.74 Å². The van der Waals surface area contributed by atoms with Gasteiger partial charge in [0.05, 0.1) is 11.4 Å². The Labute approximate surface area is 111 Å². The Morgan fingerprint density at radius 2 is 2.06 bits per heavy atom. The smallest absolute Gasteiger partial charge is 0.330 e. The molecular formula is C11H20N2O4S. The van der Waals surface area contributed by atoms with Gasteiger partial charge in [0.25, 0.3) is 0 Å². The zero-order chi connectivity index (χ0) is 14.2. The summed E-state index contributed by atoms with van der Waals surface area (Å²) in [4.78, 5) is 33.3. The Balaban J connectivity index is 4.70. The summed E-state index contributed by atoms with van der Waals surface area (Å²) in [6, 6.07) is -0.894. The number of carbonyl (C=O) groups excluding carboxylic acids is 2. The molecule has 0 saturated carbocycles. The Bertz CT molecular complexity index is 307. The number of nitrogens with one attached hydrogen (secondary N) is 1. The highest BCUT2D eigenvalue weighted by Gasteiger charge is 2.38. The van der Waals surface area contributed by atoms with Crippen LogP contribution in [-0.2, 0) is 14.3 Å². The fourth-order valence-electron chi connectivity index (χ4n) is 1.27. The van der Waals surface area contributed by atoms with Crippen molar-refractivity contribution in [2.75, 3.05) is 6.61 Å². The van der Waals surface area contributed by atoms with Crippen molar-refractivity contribution in [3.8, 4) is 0 Å². The monoisotopic (exact) mass is 276 g/mol. The molecule has 1 amide bonds. The van der Waals surface area contributed by atoms with E-state index in [1.807, 2.05) is 6.92 Å². The normalized spacial score (nSPS) is 12.7. The Kier molecular flexibility index (Phi) is 7.58. The van der Waals surface area contributed by atoms with Crippen LogP contribution >= 0.6 is 11.9 Å². The summed E-state index contributed by atoms with van der Waals surface area (Å²) in [6.45, 7) is 6.90. The van der Waals surface area contributed by atoms with Crippen molar-refractivity contribution in [3.05, 3.63) is 4.91 Å². The summed E-state index contributed by atoms with van der Waals surface area (Å²) in [5.41, 5.74) is 0. The molecule has 0 spiro atoms. The lowest BCUT2D eigenvalue weighted by Gasteiger charge is -2.29. The molecule has 1 N–H and O–H groups in total. The van der Waals surface area contributed by atoms with Crippen LogP contribution in [0.1, 0.15) is 40.5 Å². The molecule has 0 fully saturated rings. The van der Waals surface area contributed by atoms with Gasteiger partial charge in [-0.1, -0.05) is 13.3 Å². The van der Waals surface area contributed by atoms with E-state index in [0.717, 1.165) is 12.8 Å². The highest BCUT2D eigenvalue weighted by atomic mass is 32.2. The molecule has 0 aliphatic heterocycles. The molecule has 0 aromatic rings. The largest absolute Gasteiger partial charge is 0.464 e. The molecule has 104 valence electrons. The zero-order valence-electron chi connectivity index (χ0n) is 11.2. The molecule has 6 nitrogen and oxygen atoms in total. The number of esters is 1. The minimum Gasteiger partial charge on any atom is -0.464 e. The maximum atomic E-state index is 11.9. The molecular weight excluding hydrogens is 256 g/mol. The first-order chi connectivity index (χ1) is 8.35. The minimum absolute atomic E-state index is 0.306. The fourth-order valence-corrected chi connectivity index (χ4v) is 1.72. The third-order valence-corrected chi connectivity index (χ3v) is 3.07. The highest BCUT2D eigenvalue weighted by molar-refractivity contribution is 7.99. The molecule has 18 heavy (non-hydrogen) atoms. The van der Waals surface area contributed by atoms with Crippen LogP contribution in [0.2, 0.25) is 0 Å². The number of unbranched alkanes of at least 4 members (excludes halogenated alkanes) is 1. The highest BCUT2D eigenvalue weighted by Crippen LogP contribution is 2.29. The molecule has 0 rings (SSSR count).